The van der Waals surface area contributed by atoms with Crippen molar-refractivity contribution in [3.63, 3.8) is 0 Å². The number of hydrogen-bond acceptors (Lipinski definition) is 3. The van der Waals surface area contributed by atoms with E-state index in [2.05, 4.69) is 17.2 Å². The number of nitrogens with one attached hydrogen (secondary N) is 1. The van der Waals surface area contributed by atoms with Gasteiger partial charge in [-0.3, -0.25) is 4.79 Å². The van der Waals surface area contributed by atoms with Gasteiger partial charge in [0.05, 0.1) is 24.3 Å². The standard InChI is InChI=1S/C15H17NO3/c1-11-9-13(10-19-11)15(18)16-14-7-3-2-5-12(14)6-4-8-17/h2-3,5,7,11,13,17H,8-10H2,1H3,(H,16,18). The Morgan fingerprint density at radius 3 is 3.00 bits per heavy atom. The molecule has 1 fully saturated rings. The van der Waals surface area contributed by atoms with Gasteiger partial charge in [-0.2, -0.15) is 0 Å². The van der Waals surface area contributed by atoms with E-state index in [0.717, 1.165) is 6.42 Å². The van der Waals surface area contributed by atoms with Crippen LogP contribution in [0.3, 0.4) is 0 Å². The van der Waals surface area contributed by atoms with Crippen molar-refractivity contribution in [2.75, 3.05) is 18.5 Å². The predicted octanol–water partition coefficient (Wildman–Crippen LogP) is 1.39. The zero-order valence-electron chi connectivity index (χ0n) is 10.8. The van der Waals surface area contributed by atoms with Crippen molar-refractivity contribution in [2.45, 2.75) is 19.4 Å². The third-order valence-electron chi connectivity index (χ3n) is 3.06. The molecule has 1 saturated heterocycles. The van der Waals surface area contributed by atoms with E-state index < -0.39 is 0 Å². The Balaban J connectivity index is 2.08. The van der Waals surface area contributed by atoms with Crippen LogP contribution in [-0.2, 0) is 9.53 Å². The molecule has 2 unspecified atom stereocenters. The summed E-state index contributed by atoms with van der Waals surface area (Å²) in [5.41, 5.74) is 1.38. The molecule has 2 rings (SSSR count). The monoisotopic (exact) mass is 259 g/mol. The molecule has 2 atom stereocenters. The first-order valence-electron chi connectivity index (χ1n) is 6.32. The number of rotatable bonds is 2. The number of para-hydroxylation sites is 1. The summed E-state index contributed by atoms with van der Waals surface area (Å²) < 4.78 is 5.40. The first-order chi connectivity index (χ1) is 9.20. The van der Waals surface area contributed by atoms with Gasteiger partial charge in [0.25, 0.3) is 0 Å². The number of anilines is 1. The first-order valence-corrected chi connectivity index (χ1v) is 6.32. The van der Waals surface area contributed by atoms with Gasteiger partial charge in [0.15, 0.2) is 0 Å². The fourth-order valence-corrected chi connectivity index (χ4v) is 2.07. The number of carbonyl (C=O) groups is 1. The van der Waals surface area contributed by atoms with Crippen molar-refractivity contribution in [1.29, 1.82) is 0 Å². The third-order valence-corrected chi connectivity index (χ3v) is 3.06. The zero-order chi connectivity index (χ0) is 13.7. The fraction of sp³-hybridized carbons (Fsp3) is 0.400. The molecule has 1 aromatic rings. The highest BCUT2D eigenvalue weighted by Crippen LogP contribution is 2.22. The maximum absolute atomic E-state index is 12.1. The number of aliphatic hydroxyl groups is 1. The molecule has 4 nitrogen and oxygen atoms in total. The largest absolute Gasteiger partial charge is 0.384 e. The Bertz CT molecular complexity index is 516. The maximum Gasteiger partial charge on any atom is 0.229 e. The van der Waals surface area contributed by atoms with E-state index in [4.69, 9.17) is 9.84 Å². The SMILES string of the molecule is CC1CC(C(=O)Nc2ccccc2C#CCO)CO1. The van der Waals surface area contributed by atoms with Crippen molar-refractivity contribution in [3.8, 4) is 11.8 Å². The minimum absolute atomic E-state index is 0.0393. The van der Waals surface area contributed by atoms with Crippen molar-refractivity contribution >= 4 is 11.6 Å². The lowest BCUT2D eigenvalue weighted by molar-refractivity contribution is -0.119. The Kier molecular flexibility index (Phi) is 4.56. The van der Waals surface area contributed by atoms with E-state index in [-0.39, 0.29) is 24.5 Å². The number of hydrogen-bond donors (Lipinski definition) is 2. The molecule has 1 aliphatic rings. The maximum atomic E-state index is 12.1. The molecule has 1 aliphatic heterocycles. The Morgan fingerprint density at radius 1 is 1.53 bits per heavy atom. The molecule has 2 N–H and O–H groups in total. The fourth-order valence-electron chi connectivity index (χ4n) is 2.07. The van der Waals surface area contributed by atoms with E-state index in [9.17, 15) is 4.79 Å². The van der Waals surface area contributed by atoms with Gasteiger partial charge in [-0.25, -0.2) is 0 Å². The van der Waals surface area contributed by atoms with Gasteiger partial charge < -0.3 is 15.2 Å². The van der Waals surface area contributed by atoms with Crippen molar-refractivity contribution in [1.82, 2.24) is 0 Å². The lowest BCUT2D eigenvalue weighted by Crippen LogP contribution is -2.23. The summed E-state index contributed by atoms with van der Waals surface area (Å²) in [6.07, 6.45) is 0.885. The normalized spacial score (nSPS) is 21.6. The topological polar surface area (TPSA) is 58.6 Å². The molecule has 0 saturated carbocycles. The summed E-state index contributed by atoms with van der Waals surface area (Å²) in [4.78, 5) is 12.1. The highest BCUT2D eigenvalue weighted by atomic mass is 16.5. The molecule has 0 bridgehead atoms. The summed E-state index contributed by atoms with van der Waals surface area (Å²) in [6.45, 7) is 2.24. The lowest BCUT2D eigenvalue weighted by Gasteiger charge is -2.10. The van der Waals surface area contributed by atoms with Crippen molar-refractivity contribution in [3.05, 3.63) is 29.8 Å². The van der Waals surface area contributed by atoms with Gasteiger partial charge >= 0.3 is 0 Å². The molecule has 0 spiro atoms. The smallest absolute Gasteiger partial charge is 0.229 e. The van der Waals surface area contributed by atoms with E-state index in [1.165, 1.54) is 0 Å². The summed E-state index contributed by atoms with van der Waals surface area (Å²) in [6, 6.07) is 7.30. The quantitative estimate of drug-likeness (QED) is 0.789. The van der Waals surface area contributed by atoms with Crippen LogP contribution in [0, 0.1) is 17.8 Å². The van der Waals surface area contributed by atoms with Gasteiger partial charge in [0.1, 0.15) is 6.61 Å². The van der Waals surface area contributed by atoms with Crippen LogP contribution >= 0.6 is 0 Å². The summed E-state index contributed by atoms with van der Waals surface area (Å²) in [5.74, 6) is 5.26. The lowest BCUT2D eigenvalue weighted by atomic mass is 10.0. The Morgan fingerprint density at radius 2 is 2.32 bits per heavy atom. The number of aliphatic hydroxyl groups excluding tert-OH is 1. The average molecular weight is 259 g/mol. The minimum Gasteiger partial charge on any atom is -0.384 e. The van der Waals surface area contributed by atoms with Crippen LogP contribution in [0.2, 0.25) is 0 Å². The van der Waals surface area contributed by atoms with Crippen LogP contribution in [0.15, 0.2) is 24.3 Å². The third kappa shape index (κ3) is 3.57. The highest BCUT2D eigenvalue weighted by molar-refractivity contribution is 5.94. The number of benzene rings is 1. The molecular weight excluding hydrogens is 242 g/mol. The molecular formula is C15H17NO3. The van der Waals surface area contributed by atoms with Gasteiger partial charge in [-0.1, -0.05) is 24.0 Å². The van der Waals surface area contributed by atoms with Crippen LogP contribution in [0.4, 0.5) is 5.69 Å². The van der Waals surface area contributed by atoms with Crippen molar-refractivity contribution < 1.29 is 14.6 Å². The zero-order valence-corrected chi connectivity index (χ0v) is 10.8. The van der Waals surface area contributed by atoms with Crippen molar-refractivity contribution in [2.24, 2.45) is 5.92 Å². The van der Waals surface area contributed by atoms with E-state index in [0.29, 0.717) is 17.9 Å². The molecule has 4 heteroatoms. The number of amides is 1. The molecule has 1 aromatic carbocycles. The van der Waals surface area contributed by atoms with Crippen LogP contribution < -0.4 is 5.32 Å². The van der Waals surface area contributed by atoms with E-state index in [1.54, 1.807) is 6.07 Å². The molecule has 1 amide bonds. The average Bonchev–Trinajstić information content (AvgIpc) is 2.84. The van der Waals surface area contributed by atoms with Gasteiger partial charge in [0, 0.05) is 5.56 Å². The molecule has 1 heterocycles. The van der Waals surface area contributed by atoms with Crippen LogP contribution in [0.1, 0.15) is 18.9 Å². The van der Waals surface area contributed by atoms with Crippen LogP contribution in [0.25, 0.3) is 0 Å². The number of ether oxygens (including phenoxy) is 1. The van der Waals surface area contributed by atoms with E-state index in [1.807, 2.05) is 25.1 Å². The first kappa shape index (κ1) is 13.6. The number of carbonyl (C=O) groups excluding carboxylic acids is 1. The summed E-state index contributed by atoms with van der Waals surface area (Å²) in [5, 5.41) is 11.6. The molecule has 0 aromatic heterocycles. The van der Waals surface area contributed by atoms with Gasteiger partial charge in [-0.05, 0) is 25.5 Å². The Labute approximate surface area is 112 Å². The van der Waals surface area contributed by atoms with E-state index >= 15 is 0 Å². The van der Waals surface area contributed by atoms with Gasteiger partial charge in [-0.15, -0.1) is 0 Å². The highest BCUT2D eigenvalue weighted by Gasteiger charge is 2.28. The molecule has 0 radical (unpaired) electrons. The van der Waals surface area contributed by atoms with Crippen LogP contribution in [0.5, 0.6) is 0 Å². The predicted molar refractivity (Wildman–Crippen MR) is 72.6 cm³/mol. The van der Waals surface area contributed by atoms with Crippen LogP contribution in [-0.4, -0.2) is 30.3 Å². The molecule has 100 valence electrons. The molecule has 0 aliphatic carbocycles. The minimum atomic E-state index is -0.198. The van der Waals surface area contributed by atoms with Gasteiger partial charge in [0.2, 0.25) is 5.91 Å². The second-order valence-corrected chi connectivity index (χ2v) is 4.57. The summed E-state index contributed by atoms with van der Waals surface area (Å²) >= 11 is 0. The second-order valence-electron chi connectivity index (χ2n) is 4.57. The summed E-state index contributed by atoms with van der Waals surface area (Å²) in [7, 11) is 0. The Hall–Kier alpha value is -1.83. The molecule has 19 heavy (non-hydrogen) atoms. The second kappa shape index (κ2) is 6.37.